The molecular formula is C16H17N3O2. The maximum Gasteiger partial charge on any atom is 0.227 e. The lowest BCUT2D eigenvalue weighted by molar-refractivity contribution is 0.367. The van der Waals surface area contributed by atoms with E-state index >= 15 is 0 Å². The minimum atomic E-state index is 0.0187. The summed E-state index contributed by atoms with van der Waals surface area (Å²) >= 11 is 0. The van der Waals surface area contributed by atoms with Crippen LogP contribution < -0.4 is 5.32 Å². The number of hydrogen-bond acceptors (Lipinski definition) is 5. The molecule has 0 spiro atoms. The molecule has 0 saturated carbocycles. The van der Waals surface area contributed by atoms with Crippen LogP contribution in [0.25, 0.3) is 0 Å². The molecule has 0 saturated heterocycles. The lowest BCUT2D eigenvalue weighted by atomic mass is 10.0. The Hall–Kier alpha value is -2.40. The number of nitrogens with zero attached hydrogens (tertiary/aromatic N) is 2. The van der Waals surface area contributed by atoms with Crippen LogP contribution in [0.2, 0.25) is 0 Å². The molecule has 1 aromatic carbocycles. The van der Waals surface area contributed by atoms with Crippen molar-refractivity contribution >= 4 is 0 Å². The van der Waals surface area contributed by atoms with Crippen LogP contribution in [-0.2, 0) is 6.42 Å². The summed E-state index contributed by atoms with van der Waals surface area (Å²) in [5.41, 5.74) is 1.16. The van der Waals surface area contributed by atoms with Gasteiger partial charge in [0.15, 0.2) is 5.82 Å². The summed E-state index contributed by atoms with van der Waals surface area (Å²) in [6, 6.07) is 14.1. The Morgan fingerprint density at radius 1 is 1.14 bits per heavy atom. The molecule has 3 rings (SSSR count). The third-order valence-electron chi connectivity index (χ3n) is 3.22. The summed E-state index contributed by atoms with van der Waals surface area (Å²) in [4.78, 5) is 4.20. The Morgan fingerprint density at radius 3 is 2.67 bits per heavy atom. The Balaban J connectivity index is 1.68. The fraction of sp³-hybridized carbons (Fsp3) is 0.250. The molecule has 0 radical (unpaired) electrons. The third kappa shape index (κ3) is 3.38. The molecule has 0 fully saturated rings. The van der Waals surface area contributed by atoms with Crippen LogP contribution in [0.5, 0.6) is 0 Å². The quantitative estimate of drug-likeness (QED) is 0.753. The van der Waals surface area contributed by atoms with Gasteiger partial charge in [0.25, 0.3) is 0 Å². The maximum absolute atomic E-state index is 5.54. The molecule has 0 aliphatic carbocycles. The second-order valence-electron chi connectivity index (χ2n) is 4.80. The third-order valence-corrected chi connectivity index (χ3v) is 3.22. The van der Waals surface area contributed by atoms with Gasteiger partial charge in [-0.1, -0.05) is 35.5 Å². The minimum absolute atomic E-state index is 0.0187. The predicted octanol–water partition coefficient (Wildman–Crippen LogP) is 2.89. The largest absolute Gasteiger partial charge is 0.467 e. The van der Waals surface area contributed by atoms with Crippen molar-refractivity contribution < 1.29 is 8.94 Å². The minimum Gasteiger partial charge on any atom is -0.467 e. The van der Waals surface area contributed by atoms with E-state index < -0.39 is 0 Å². The van der Waals surface area contributed by atoms with E-state index in [1.807, 2.05) is 37.3 Å². The summed E-state index contributed by atoms with van der Waals surface area (Å²) in [5.74, 6) is 2.20. The van der Waals surface area contributed by atoms with Crippen LogP contribution in [-0.4, -0.2) is 16.7 Å². The first-order valence-corrected chi connectivity index (χ1v) is 6.94. The number of furan rings is 1. The van der Waals surface area contributed by atoms with Crippen LogP contribution in [0.15, 0.2) is 57.7 Å². The van der Waals surface area contributed by atoms with Crippen molar-refractivity contribution in [3.63, 3.8) is 0 Å². The highest BCUT2D eigenvalue weighted by Gasteiger charge is 2.16. The highest BCUT2D eigenvalue weighted by molar-refractivity contribution is 5.26. The fourth-order valence-electron chi connectivity index (χ4n) is 2.25. The molecule has 5 nitrogen and oxygen atoms in total. The number of rotatable bonds is 6. The van der Waals surface area contributed by atoms with Crippen molar-refractivity contribution in [1.82, 2.24) is 15.5 Å². The molecule has 1 unspecified atom stereocenters. The first kappa shape index (κ1) is 13.6. The smallest absolute Gasteiger partial charge is 0.227 e. The predicted molar refractivity (Wildman–Crippen MR) is 77.7 cm³/mol. The molecule has 3 aromatic rings. The molecule has 0 amide bonds. The van der Waals surface area contributed by atoms with E-state index in [1.54, 1.807) is 6.26 Å². The number of nitrogens with one attached hydrogen (secondary N) is 1. The van der Waals surface area contributed by atoms with Crippen molar-refractivity contribution in [2.75, 3.05) is 6.54 Å². The summed E-state index contributed by atoms with van der Waals surface area (Å²) in [6.07, 6.45) is 2.37. The molecule has 2 aromatic heterocycles. The van der Waals surface area contributed by atoms with Crippen molar-refractivity contribution in [1.29, 1.82) is 0 Å². The zero-order valence-electron chi connectivity index (χ0n) is 11.8. The van der Waals surface area contributed by atoms with Crippen LogP contribution >= 0.6 is 0 Å². The lowest BCUT2D eigenvalue weighted by Crippen LogP contribution is -2.24. The number of benzene rings is 1. The number of aryl methyl sites for hydroxylation is 1. The molecule has 5 heteroatoms. The van der Waals surface area contributed by atoms with Gasteiger partial charge >= 0.3 is 0 Å². The maximum atomic E-state index is 5.54. The van der Waals surface area contributed by atoms with Crippen LogP contribution in [0.4, 0.5) is 0 Å². The standard InChI is InChI=1S/C16H17N3O2/c1-12-18-15(21-19-12)9-10-17-16(14-8-5-11-20-14)13-6-3-2-4-7-13/h2-8,11,16-17H,9-10H2,1H3. The average Bonchev–Trinajstić information content (AvgIpc) is 3.16. The van der Waals surface area contributed by atoms with Crippen molar-refractivity contribution in [2.24, 2.45) is 0 Å². The summed E-state index contributed by atoms with van der Waals surface area (Å²) in [7, 11) is 0. The normalized spacial score (nSPS) is 12.4. The monoisotopic (exact) mass is 283 g/mol. The van der Waals surface area contributed by atoms with Crippen LogP contribution in [0, 0.1) is 6.92 Å². The van der Waals surface area contributed by atoms with Gasteiger partial charge in [0.1, 0.15) is 5.76 Å². The number of hydrogen-bond donors (Lipinski definition) is 1. The van der Waals surface area contributed by atoms with Gasteiger partial charge in [-0.15, -0.1) is 0 Å². The highest BCUT2D eigenvalue weighted by atomic mass is 16.5. The Labute approximate surface area is 123 Å². The van der Waals surface area contributed by atoms with Gasteiger partial charge in [-0.05, 0) is 24.6 Å². The molecule has 0 aliphatic rings. The van der Waals surface area contributed by atoms with Gasteiger partial charge in [-0.25, -0.2) is 0 Å². The van der Waals surface area contributed by atoms with Crippen molar-refractivity contribution in [2.45, 2.75) is 19.4 Å². The summed E-state index contributed by atoms with van der Waals surface area (Å²) in [6.45, 7) is 2.54. The Kier molecular flexibility index (Phi) is 4.12. The topological polar surface area (TPSA) is 64.1 Å². The molecule has 1 N–H and O–H groups in total. The molecular weight excluding hydrogens is 266 g/mol. The fourth-order valence-corrected chi connectivity index (χ4v) is 2.25. The molecule has 21 heavy (non-hydrogen) atoms. The van der Waals surface area contributed by atoms with Gasteiger partial charge in [0.2, 0.25) is 5.89 Å². The molecule has 108 valence electrons. The first-order chi connectivity index (χ1) is 10.3. The van der Waals surface area contributed by atoms with E-state index in [4.69, 9.17) is 8.94 Å². The van der Waals surface area contributed by atoms with Gasteiger partial charge in [0, 0.05) is 13.0 Å². The second kappa shape index (κ2) is 6.37. The molecule has 2 heterocycles. The van der Waals surface area contributed by atoms with Crippen LogP contribution in [0.3, 0.4) is 0 Å². The lowest BCUT2D eigenvalue weighted by Gasteiger charge is -2.16. The van der Waals surface area contributed by atoms with E-state index in [0.717, 1.165) is 17.9 Å². The number of aromatic nitrogens is 2. The summed E-state index contributed by atoms with van der Waals surface area (Å²) in [5, 5.41) is 7.26. The van der Waals surface area contributed by atoms with E-state index in [2.05, 4.69) is 27.6 Å². The molecule has 1 atom stereocenters. The van der Waals surface area contributed by atoms with E-state index in [-0.39, 0.29) is 6.04 Å². The summed E-state index contributed by atoms with van der Waals surface area (Å²) < 4.78 is 10.7. The van der Waals surface area contributed by atoms with E-state index in [9.17, 15) is 0 Å². The molecule has 0 bridgehead atoms. The van der Waals surface area contributed by atoms with Gasteiger partial charge in [-0.3, -0.25) is 0 Å². The Morgan fingerprint density at radius 2 is 2.00 bits per heavy atom. The van der Waals surface area contributed by atoms with Crippen molar-refractivity contribution in [3.05, 3.63) is 71.8 Å². The second-order valence-corrected chi connectivity index (χ2v) is 4.80. The van der Waals surface area contributed by atoms with Gasteiger partial charge < -0.3 is 14.3 Å². The zero-order chi connectivity index (χ0) is 14.5. The van der Waals surface area contributed by atoms with Gasteiger partial charge in [-0.2, -0.15) is 4.98 Å². The van der Waals surface area contributed by atoms with Crippen LogP contribution in [0.1, 0.15) is 29.1 Å². The highest BCUT2D eigenvalue weighted by Crippen LogP contribution is 2.22. The van der Waals surface area contributed by atoms with E-state index in [1.165, 1.54) is 0 Å². The Bertz CT molecular complexity index is 662. The molecule has 0 aliphatic heterocycles. The zero-order valence-corrected chi connectivity index (χ0v) is 11.8. The SMILES string of the molecule is Cc1noc(CCNC(c2ccccc2)c2ccco2)n1. The van der Waals surface area contributed by atoms with E-state index in [0.29, 0.717) is 18.1 Å². The van der Waals surface area contributed by atoms with Crippen molar-refractivity contribution in [3.8, 4) is 0 Å². The first-order valence-electron chi connectivity index (χ1n) is 6.94. The average molecular weight is 283 g/mol. The van der Waals surface area contributed by atoms with Gasteiger partial charge in [0.05, 0.1) is 12.3 Å².